The predicted molar refractivity (Wildman–Crippen MR) is 625 cm³/mol. The lowest BCUT2D eigenvalue weighted by atomic mass is 9.67. The van der Waals surface area contributed by atoms with E-state index in [1.54, 1.807) is 0 Å². The van der Waals surface area contributed by atoms with Crippen LogP contribution in [0.15, 0.2) is 576 Å². The molecule has 23 aromatic carbocycles. The molecule has 0 atom stereocenters. The molecule has 3 nitrogen and oxygen atoms in total. The zero-order chi connectivity index (χ0) is 97.4. The number of hydrogen-bond donors (Lipinski definition) is 0. The summed E-state index contributed by atoms with van der Waals surface area (Å²) in [5.74, 6) is 0. The van der Waals surface area contributed by atoms with Crippen LogP contribution in [0.4, 0.5) is 51.2 Å². The van der Waals surface area contributed by atoms with E-state index in [0.29, 0.717) is 0 Å². The van der Waals surface area contributed by atoms with Gasteiger partial charge < -0.3 is 14.7 Å². The van der Waals surface area contributed by atoms with Crippen molar-refractivity contribution in [1.82, 2.24) is 0 Å². The van der Waals surface area contributed by atoms with Gasteiger partial charge >= 0.3 is 0 Å². The van der Waals surface area contributed by atoms with Crippen LogP contribution < -0.4 is 14.7 Å². The predicted octanol–water partition coefficient (Wildman–Crippen LogP) is 39.0. The number of rotatable bonds is 17. The number of anilines is 9. The third-order valence-corrected chi connectivity index (χ3v) is 34.1. The van der Waals surface area contributed by atoms with Gasteiger partial charge in [0.25, 0.3) is 0 Å². The van der Waals surface area contributed by atoms with E-state index >= 15 is 0 Å². The minimum Gasteiger partial charge on any atom is -0.309 e. The van der Waals surface area contributed by atoms with Gasteiger partial charge in [0.05, 0.1) is 47.4 Å². The van der Waals surface area contributed by atoms with Crippen molar-refractivity contribution in [3.63, 3.8) is 0 Å². The van der Waals surface area contributed by atoms with Crippen LogP contribution in [0, 0.1) is 0 Å². The number of fused-ring (bicyclic) bond motifs is 18. The average molecular weight is 1930 g/mol. The van der Waals surface area contributed by atoms with E-state index in [0.717, 1.165) is 34.1 Å². The van der Waals surface area contributed by atoms with Crippen molar-refractivity contribution in [2.75, 3.05) is 14.7 Å². The maximum absolute atomic E-state index is 2.48. The fourth-order valence-corrected chi connectivity index (χ4v) is 27.8. The SMILES string of the molecule is c1ccc(-c2ccc(N(c3ccccc3)c3cccc4c3sc3ccc(C5(c6ccccc6)c6ccccc6-c6ccccc65)cc34)cc2)cc1.c1ccc(-c2cccc(N(c3ccccc3)c3cccc4c3sc3ccc(C5(c6ccccc6)c6ccccc6-c6ccccc65)cc34)c2)cc1.c1ccc(N(c2ccccc2)c2cccc3c2sc2ccc(C4(c5ccccc5)c5ccccc5-c5ccccc54)cc23)cc1. The quantitative estimate of drug-likeness (QED) is 0.0900. The molecule has 0 fully saturated rings. The highest BCUT2D eigenvalue weighted by Crippen LogP contribution is 2.62. The van der Waals surface area contributed by atoms with Crippen LogP contribution in [0.5, 0.6) is 0 Å². The van der Waals surface area contributed by atoms with E-state index in [4.69, 9.17) is 0 Å². The molecule has 6 heteroatoms. The third-order valence-electron chi connectivity index (χ3n) is 30.4. The second-order valence-electron chi connectivity index (χ2n) is 38.2. The van der Waals surface area contributed by atoms with E-state index < -0.39 is 16.2 Å². The molecular formula is C141H95N3S3. The zero-order valence-electron chi connectivity index (χ0n) is 80.4. The molecule has 0 aliphatic heterocycles. The molecule has 3 aliphatic rings. The number of nitrogens with zero attached hydrogens (tertiary/aromatic N) is 3. The lowest BCUT2D eigenvalue weighted by Crippen LogP contribution is -2.28. The number of thiophene rings is 3. The van der Waals surface area contributed by atoms with Gasteiger partial charge in [0, 0.05) is 80.5 Å². The Morgan fingerprint density at radius 2 is 0.354 bits per heavy atom. The Labute approximate surface area is 868 Å². The Hall–Kier alpha value is -17.9. The Balaban J connectivity index is 0.000000109. The maximum atomic E-state index is 2.48. The molecule has 0 unspecified atom stereocenters. The van der Waals surface area contributed by atoms with Crippen molar-refractivity contribution in [3.8, 4) is 55.6 Å². The summed E-state index contributed by atoms with van der Waals surface area (Å²) in [6.45, 7) is 0. The van der Waals surface area contributed by atoms with E-state index in [9.17, 15) is 0 Å². The van der Waals surface area contributed by atoms with E-state index in [2.05, 4.69) is 591 Å². The first kappa shape index (κ1) is 88.1. The average Bonchev–Trinajstić information content (AvgIpc) is 1.54. The molecule has 147 heavy (non-hydrogen) atoms. The van der Waals surface area contributed by atoms with Gasteiger partial charge in [0.15, 0.2) is 0 Å². The lowest BCUT2D eigenvalue weighted by Gasteiger charge is -2.34. The monoisotopic (exact) mass is 1930 g/mol. The molecule has 0 amide bonds. The third kappa shape index (κ3) is 14.6. The van der Waals surface area contributed by atoms with Gasteiger partial charge in [-0.2, -0.15) is 0 Å². The van der Waals surface area contributed by atoms with Gasteiger partial charge in [0.1, 0.15) is 0 Å². The molecule has 29 rings (SSSR count). The fourth-order valence-electron chi connectivity index (χ4n) is 24.2. The topological polar surface area (TPSA) is 9.72 Å². The molecule has 3 aliphatic carbocycles. The maximum Gasteiger partial charge on any atom is 0.0713 e. The molecule has 0 radical (unpaired) electrons. The largest absolute Gasteiger partial charge is 0.309 e. The van der Waals surface area contributed by atoms with E-state index in [1.807, 2.05) is 34.0 Å². The summed E-state index contributed by atoms with van der Waals surface area (Å²) in [6.07, 6.45) is 0. The van der Waals surface area contributed by atoms with E-state index in [-0.39, 0.29) is 0 Å². The molecule has 3 heterocycles. The first-order chi connectivity index (χ1) is 72.9. The molecule has 3 aromatic heterocycles. The first-order valence-electron chi connectivity index (χ1n) is 50.5. The number of para-hydroxylation sites is 4. The van der Waals surface area contributed by atoms with Crippen molar-refractivity contribution in [1.29, 1.82) is 0 Å². The molecule has 0 N–H and O–H groups in total. The Kier molecular flexibility index (Phi) is 22.3. The fraction of sp³-hybridized carbons (Fsp3) is 0.0213. The van der Waals surface area contributed by atoms with Gasteiger partial charge in [-0.15, -0.1) is 34.0 Å². The molecule has 0 bridgehead atoms. The zero-order valence-corrected chi connectivity index (χ0v) is 82.9. The highest BCUT2D eigenvalue weighted by molar-refractivity contribution is 7.27. The molecule has 0 saturated carbocycles. The van der Waals surface area contributed by atoms with Gasteiger partial charge in [-0.1, -0.05) is 449 Å². The number of hydrogen-bond acceptors (Lipinski definition) is 6. The standard InChI is InChI=1S/2C49H33NS.C43H29NS/c1-4-16-34(17-5-1)35-18-14-23-39(32-35)50(38-21-8-3-9-22-38)46-29-15-26-42-43-33-37(30-31-47(43)51-48(42)46)49(36-19-6-2-7-20-36)44-27-12-10-24-40(44)41-25-11-13-28-45(41)49;1-4-15-34(16-5-1)35-27-30-39(31-28-35)50(38-19-8-3-9-20-38)46-26-14-23-42-43-33-37(29-32-47(43)51-48(42)46)49(36-17-6-2-7-18-36)44-24-12-10-21-40(44)41-22-11-13-25-45(41)49;1-4-15-30(16-5-1)43(38-24-12-10-21-34(38)35-22-11-13-25-39(35)43)31-27-28-41-37(29-31)36-23-14-26-40(42(36)45-41)44(32-17-6-2-7-18-32)33-19-8-3-9-20-33/h2*1-33H;1-29H. The summed E-state index contributed by atoms with van der Waals surface area (Å²) in [4.78, 5) is 7.20. The second-order valence-corrected chi connectivity index (χ2v) is 41.4. The minimum atomic E-state index is -0.428. The van der Waals surface area contributed by atoms with Gasteiger partial charge in [-0.3, -0.25) is 0 Å². The van der Waals surface area contributed by atoms with Crippen molar-refractivity contribution >= 4 is 146 Å². The van der Waals surface area contributed by atoms with Crippen molar-refractivity contribution in [2.24, 2.45) is 0 Å². The number of benzene rings is 23. The van der Waals surface area contributed by atoms with Crippen LogP contribution in [0.25, 0.3) is 116 Å². The van der Waals surface area contributed by atoms with Crippen LogP contribution in [-0.2, 0) is 16.2 Å². The summed E-state index contributed by atoms with van der Waals surface area (Å²) in [5, 5.41) is 7.72. The minimum absolute atomic E-state index is 0.408. The Morgan fingerprint density at radius 3 is 0.646 bits per heavy atom. The molecule has 26 aromatic rings. The van der Waals surface area contributed by atoms with Gasteiger partial charge in [-0.05, 0) is 250 Å². The summed E-state index contributed by atoms with van der Waals surface area (Å²) in [6, 6.07) is 211. The summed E-state index contributed by atoms with van der Waals surface area (Å²) >= 11 is 5.65. The van der Waals surface area contributed by atoms with Crippen LogP contribution in [0.1, 0.15) is 66.8 Å². The van der Waals surface area contributed by atoms with Crippen LogP contribution >= 0.6 is 34.0 Å². The van der Waals surface area contributed by atoms with E-state index in [1.165, 1.54) is 200 Å². The molecule has 692 valence electrons. The normalized spacial score (nSPS) is 12.9. The van der Waals surface area contributed by atoms with Crippen LogP contribution in [-0.4, -0.2) is 0 Å². The highest BCUT2D eigenvalue weighted by atomic mass is 32.1. The Bertz CT molecular complexity index is 9240. The Morgan fingerprint density at radius 1 is 0.136 bits per heavy atom. The summed E-state index contributed by atoms with van der Waals surface area (Å²) in [5.41, 5.74) is 37.6. The smallest absolute Gasteiger partial charge is 0.0713 e. The summed E-state index contributed by atoms with van der Waals surface area (Å²) < 4.78 is 7.72. The molecule has 0 spiro atoms. The lowest BCUT2D eigenvalue weighted by molar-refractivity contribution is 0.770. The highest BCUT2D eigenvalue weighted by Gasteiger charge is 2.50. The van der Waals surface area contributed by atoms with Crippen molar-refractivity contribution in [3.05, 3.63) is 643 Å². The first-order valence-corrected chi connectivity index (χ1v) is 52.9. The van der Waals surface area contributed by atoms with Gasteiger partial charge in [0.2, 0.25) is 0 Å². The molecular weight excluding hydrogens is 1830 g/mol. The van der Waals surface area contributed by atoms with Gasteiger partial charge in [-0.25, -0.2) is 0 Å². The second kappa shape index (κ2) is 37.1. The van der Waals surface area contributed by atoms with Crippen LogP contribution in [0.3, 0.4) is 0 Å². The molecule has 0 saturated heterocycles. The van der Waals surface area contributed by atoms with Crippen LogP contribution in [0.2, 0.25) is 0 Å². The van der Waals surface area contributed by atoms with Crippen molar-refractivity contribution < 1.29 is 0 Å². The van der Waals surface area contributed by atoms with Crippen molar-refractivity contribution in [2.45, 2.75) is 16.2 Å². The summed E-state index contributed by atoms with van der Waals surface area (Å²) in [7, 11) is 0.